The Morgan fingerprint density at radius 1 is 0.559 bits per heavy atom. The molecule has 0 saturated heterocycles. The van der Waals surface area contributed by atoms with Crippen molar-refractivity contribution in [1.29, 1.82) is 0 Å². The van der Waals surface area contributed by atoms with Crippen LogP contribution in [0.25, 0.3) is 22.9 Å². The lowest BCUT2D eigenvalue weighted by Gasteiger charge is -2.19. The Labute approximate surface area is 381 Å². The summed E-state index contributed by atoms with van der Waals surface area (Å²) in [6.45, 7) is 5.88. The minimum atomic E-state index is -4.47. The monoisotopic (exact) mass is 958 g/mol. The SMILES string of the molecule is CCOC(=O)C(=O)C(=O)OCC.CCOC(=O)C(O)(C(=O)OCC)c1nnc(-c2ccccc2Nc2ccc(C(F)(F)F)cc2)o1.FC(F)(F)c1ccc(Nc2ccccc2-c2nnco2)cc1. The summed E-state index contributed by atoms with van der Waals surface area (Å²) in [6, 6.07) is 22.7. The van der Waals surface area contributed by atoms with Gasteiger partial charge in [0.05, 0.1) is 60.1 Å². The van der Waals surface area contributed by atoms with E-state index < -0.39 is 64.6 Å². The third-order valence-corrected chi connectivity index (χ3v) is 8.46. The van der Waals surface area contributed by atoms with Crippen LogP contribution in [0.15, 0.2) is 112 Å². The molecule has 0 saturated carbocycles. The van der Waals surface area contributed by atoms with Crippen molar-refractivity contribution >= 4 is 52.4 Å². The molecule has 4 aromatic carbocycles. The van der Waals surface area contributed by atoms with E-state index in [1.54, 1.807) is 48.5 Å². The predicted molar refractivity (Wildman–Crippen MR) is 224 cm³/mol. The number of para-hydroxylation sites is 2. The number of Topliss-reactive ketones (excluding diaryl/α,β-unsaturated/α-hetero) is 1. The molecule has 0 aliphatic carbocycles. The van der Waals surface area contributed by atoms with Crippen LogP contribution in [0.5, 0.6) is 0 Å². The van der Waals surface area contributed by atoms with Crippen molar-refractivity contribution in [1.82, 2.24) is 20.4 Å². The number of aliphatic hydroxyl groups is 1. The Balaban J connectivity index is 0.000000252. The second kappa shape index (κ2) is 23.9. The summed E-state index contributed by atoms with van der Waals surface area (Å²) in [7, 11) is 0. The van der Waals surface area contributed by atoms with Gasteiger partial charge in [0.1, 0.15) is 0 Å². The van der Waals surface area contributed by atoms with Crippen LogP contribution in [-0.2, 0) is 60.9 Å². The van der Waals surface area contributed by atoms with Crippen molar-refractivity contribution in [2.75, 3.05) is 37.1 Å². The zero-order chi connectivity index (χ0) is 50.1. The third kappa shape index (κ3) is 13.9. The van der Waals surface area contributed by atoms with E-state index in [4.69, 9.17) is 18.3 Å². The Hall–Kier alpha value is -8.15. The van der Waals surface area contributed by atoms with E-state index in [0.29, 0.717) is 34.2 Å². The summed E-state index contributed by atoms with van der Waals surface area (Å²) in [4.78, 5) is 56.5. The number of aromatic nitrogens is 4. The van der Waals surface area contributed by atoms with Crippen LogP contribution in [0, 0.1) is 0 Å². The molecule has 68 heavy (non-hydrogen) atoms. The van der Waals surface area contributed by atoms with Gasteiger partial charge in [-0.05, 0) is 100 Å². The molecule has 0 atom stereocenters. The number of carbonyl (C=O) groups excluding carboxylic acids is 5. The van der Waals surface area contributed by atoms with E-state index in [1.165, 1.54) is 58.4 Å². The Morgan fingerprint density at radius 2 is 0.971 bits per heavy atom. The van der Waals surface area contributed by atoms with Gasteiger partial charge in [-0.2, -0.15) is 26.3 Å². The van der Waals surface area contributed by atoms with Crippen LogP contribution >= 0.6 is 0 Å². The molecule has 3 N–H and O–H groups in total. The molecule has 6 aromatic rings. The molecule has 24 heteroatoms. The second-order valence-corrected chi connectivity index (χ2v) is 13.1. The molecule has 0 aliphatic rings. The molecular formula is C44H40F6N6O12. The fraction of sp³-hybridized carbons (Fsp3) is 0.250. The minimum Gasteiger partial charge on any atom is -0.463 e. The Bertz CT molecular complexity index is 2580. The van der Waals surface area contributed by atoms with Crippen molar-refractivity contribution < 1.29 is 83.2 Å². The number of ketones is 1. The maximum absolute atomic E-state index is 12.8. The fourth-order valence-electron chi connectivity index (χ4n) is 5.33. The van der Waals surface area contributed by atoms with Crippen LogP contribution in [-0.4, -0.2) is 81.6 Å². The zero-order valence-corrected chi connectivity index (χ0v) is 36.1. The van der Waals surface area contributed by atoms with Gasteiger partial charge in [-0.15, -0.1) is 20.4 Å². The topological polar surface area (TPSA) is 244 Å². The maximum atomic E-state index is 12.8. The first-order chi connectivity index (χ1) is 32.3. The molecule has 0 radical (unpaired) electrons. The number of nitrogens with one attached hydrogen (secondary N) is 2. The van der Waals surface area contributed by atoms with E-state index >= 15 is 0 Å². The van der Waals surface area contributed by atoms with Crippen LogP contribution in [0.2, 0.25) is 0 Å². The number of esters is 4. The third-order valence-electron chi connectivity index (χ3n) is 8.46. The van der Waals surface area contributed by atoms with Gasteiger partial charge in [0.15, 0.2) is 0 Å². The van der Waals surface area contributed by atoms with Crippen molar-refractivity contribution in [3.05, 3.63) is 120 Å². The molecule has 0 bridgehead atoms. The summed E-state index contributed by atoms with van der Waals surface area (Å²) in [5, 5.41) is 31.7. The van der Waals surface area contributed by atoms with Gasteiger partial charge in [-0.1, -0.05) is 24.3 Å². The molecule has 0 unspecified atom stereocenters. The van der Waals surface area contributed by atoms with Gasteiger partial charge in [0.25, 0.3) is 5.89 Å². The second-order valence-electron chi connectivity index (χ2n) is 13.1. The van der Waals surface area contributed by atoms with Gasteiger partial charge in [-0.25, -0.2) is 19.2 Å². The highest BCUT2D eigenvalue weighted by Gasteiger charge is 2.54. The van der Waals surface area contributed by atoms with E-state index in [1.807, 2.05) is 0 Å². The molecule has 0 spiro atoms. The molecule has 360 valence electrons. The lowest BCUT2D eigenvalue weighted by atomic mass is 10.1. The molecule has 6 rings (SSSR count). The molecule has 0 aliphatic heterocycles. The average Bonchev–Trinajstić information content (AvgIpc) is 4.04. The molecule has 18 nitrogen and oxygen atoms in total. The normalized spacial score (nSPS) is 11.1. The summed E-state index contributed by atoms with van der Waals surface area (Å²) < 4.78 is 105. The maximum Gasteiger partial charge on any atom is 0.416 e. The molecule has 2 aromatic heterocycles. The Morgan fingerprint density at radius 3 is 1.35 bits per heavy atom. The molecular weight excluding hydrogens is 919 g/mol. The van der Waals surface area contributed by atoms with Crippen molar-refractivity contribution in [2.24, 2.45) is 0 Å². The lowest BCUT2D eigenvalue weighted by molar-refractivity contribution is -0.187. The number of halogens is 6. The lowest BCUT2D eigenvalue weighted by Crippen LogP contribution is -2.46. The van der Waals surface area contributed by atoms with Crippen molar-refractivity contribution in [3.63, 3.8) is 0 Å². The number of anilines is 4. The van der Waals surface area contributed by atoms with Crippen molar-refractivity contribution in [2.45, 2.75) is 45.6 Å². The summed E-state index contributed by atoms with van der Waals surface area (Å²) in [6.07, 6.45) is -7.60. The van der Waals surface area contributed by atoms with E-state index in [2.05, 4.69) is 40.5 Å². The number of alkyl halides is 6. The molecule has 0 amide bonds. The first kappa shape index (κ1) is 52.5. The number of rotatable bonds is 15. The summed E-state index contributed by atoms with van der Waals surface area (Å²) in [5.74, 6) is -6.92. The first-order valence-corrected chi connectivity index (χ1v) is 19.9. The average molecular weight is 959 g/mol. The number of benzene rings is 4. The largest absolute Gasteiger partial charge is 0.463 e. The first-order valence-electron chi connectivity index (χ1n) is 19.9. The summed E-state index contributed by atoms with van der Waals surface area (Å²) in [5.41, 5.74) is -1.62. The van der Waals surface area contributed by atoms with Crippen molar-refractivity contribution in [3.8, 4) is 22.9 Å². The number of hydrogen-bond donors (Lipinski definition) is 3. The smallest absolute Gasteiger partial charge is 0.416 e. The van der Waals surface area contributed by atoms with Crippen LogP contribution < -0.4 is 10.6 Å². The fourth-order valence-corrected chi connectivity index (χ4v) is 5.33. The van der Waals surface area contributed by atoms with Gasteiger partial charge in [-0.3, -0.25) is 4.79 Å². The molecule has 0 fully saturated rings. The Kier molecular flexibility index (Phi) is 18.4. The molecule has 2 heterocycles. The quantitative estimate of drug-likeness (QED) is 0.0290. The van der Waals surface area contributed by atoms with Crippen LogP contribution in [0.3, 0.4) is 0 Å². The number of hydrogen-bond acceptors (Lipinski definition) is 18. The highest BCUT2D eigenvalue weighted by atomic mass is 19.4. The van der Waals surface area contributed by atoms with Gasteiger partial charge in [0, 0.05) is 11.4 Å². The van der Waals surface area contributed by atoms with Gasteiger partial charge in [0.2, 0.25) is 18.2 Å². The van der Waals surface area contributed by atoms with Crippen LogP contribution in [0.1, 0.15) is 44.7 Å². The van der Waals surface area contributed by atoms with Crippen LogP contribution in [0.4, 0.5) is 49.1 Å². The zero-order valence-electron chi connectivity index (χ0n) is 36.1. The van der Waals surface area contributed by atoms with Gasteiger partial charge < -0.3 is 43.5 Å². The highest BCUT2D eigenvalue weighted by Crippen LogP contribution is 2.35. The predicted octanol–water partition coefficient (Wildman–Crippen LogP) is 7.99. The number of carbonyl (C=O) groups is 5. The van der Waals surface area contributed by atoms with Gasteiger partial charge >= 0.3 is 47.6 Å². The number of ether oxygens (including phenoxy) is 4. The highest BCUT2D eigenvalue weighted by molar-refractivity contribution is 6.60. The van der Waals surface area contributed by atoms with E-state index in [9.17, 15) is 55.4 Å². The van der Waals surface area contributed by atoms with E-state index in [-0.39, 0.29) is 37.9 Å². The number of nitrogens with zero attached hydrogens (tertiary/aromatic N) is 4. The van der Waals surface area contributed by atoms with E-state index in [0.717, 1.165) is 24.3 Å². The standard InChI is InChI=1S/C22H20F3N3O6.C15H10F3N3O.C7H10O5/c1-3-32-19(29)21(31,20(30)33-4-2)18-28-27-17(34-18)15-7-5-6-8-16(15)26-14-11-9-13(10-12-14)22(23,24)25;16-15(17,18)10-5-7-11(8-6-10)20-13-4-2-1-3-12(13)14-21-19-9-22-14;1-3-11-6(9)5(8)7(10)12-4-2/h5-12,26,31H,3-4H2,1-2H3;1-9,20H;3-4H2,1-2H3. The minimum absolute atomic E-state index is 0.0595. The summed E-state index contributed by atoms with van der Waals surface area (Å²) >= 11 is 0.